The summed E-state index contributed by atoms with van der Waals surface area (Å²) in [5, 5.41) is 0. The first kappa shape index (κ1) is 7.01. The Morgan fingerprint density at radius 2 is 1.89 bits per heavy atom. The van der Waals surface area contributed by atoms with Crippen LogP contribution in [0.5, 0.6) is 0 Å². The molecular weight excluding hydrogens is 232 g/mol. The van der Waals surface area contributed by atoms with Crippen molar-refractivity contribution in [3.63, 3.8) is 0 Å². The predicted octanol–water partition coefficient (Wildman–Crippen LogP) is 3.69. The predicted molar refractivity (Wildman–Crippen MR) is 66.7 cm³/mol. The number of nitrogens with zero attached hydrogens (tertiary/aromatic N) is 1. The number of rotatable bonds is 2. The van der Waals surface area contributed by atoms with Gasteiger partial charge < -0.3 is 0 Å². The molecule has 2 saturated heterocycles. The van der Waals surface area contributed by atoms with E-state index in [9.17, 15) is 8.78 Å². The minimum Gasteiger partial charge on any atom is -0.296 e. The van der Waals surface area contributed by atoms with E-state index in [1.54, 1.807) is 13.8 Å². The molecule has 0 radical (unpaired) electrons. The molecule has 0 aromatic rings. The summed E-state index contributed by atoms with van der Waals surface area (Å²) in [6.45, 7) is -1.34. The molecule has 2 aliphatic heterocycles. The summed E-state index contributed by atoms with van der Waals surface area (Å²) < 4.78 is 79.7. The van der Waals surface area contributed by atoms with E-state index in [1.807, 2.05) is 0 Å². The average molecular weight is 261 g/mol. The molecule has 1 nitrogen and oxygen atoms in total. The molecule has 102 valence electrons. The van der Waals surface area contributed by atoms with Crippen LogP contribution in [0.2, 0.25) is 0 Å². The van der Waals surface area contributed by atoms with Crippen LogP contribution >= 0.6 is 0 Å². The lowest BCUT2D eigenvalue weighted by Crippen LogP contribution is -2.45. The van der Waals surface area contributed by atoms with Gasteiger partial charge in [0.1, 0.15) is 0 Å². The van der Waals surface area contributed by atoms with Crippen LogP contribution < -0.4 is 0 Å². The molecule has 0 N–H and O–H groups in total. The van der Waals surface area contributed by atoms with E-state index < -0.39 is 54.0 Å². The molecule has 0 bridgehead atoms. The first-order valence-corrected chi connectivity index (χ1v) is 6.82. The molecule has 4 rings (SSSR count). The van der Waals surface area contributed by atoms with Crippen LogP contribution in [0.25, 0.3) is 0 Å². The molecule has 2 spiro atoms. The average Bonchev–Trinajstić information content (AvgIpc) is 3.19. The normalized spacial score (nSPS) is 58.5. The van der Waals surface area contributed by atoms with Gasteiger partial charge in [0.25, 0.3) is 5.92 Å². The lowest BCUT2D eigenvalue weighted by molar-refractivity contribution is 0.0629. The zero-order valence-corrected chi connectivity index (χ0v) is 10.8. The fourth-order valence-corrected chi connectivity index (χ4v) is 3.98. The monoisotopic (exact) mass is 261 g/mol. The highest BCUT2D eigenvalue weighted by Crippen LogP contribution is 2.77. The van der Waals surface area contributed by atoms with Crippen LogP contribution in [0.3, 0.4) is 0 Å². The molecule has 3 heteroatoms. The Bertz CT molecular complexity index is 617. The third-order valence-corrected chi connectivity index (χ3v) is 5.20. The van der Waals surface area contributed by atoms with Crippen molar-refractivity contribution in [3.8, 4) is 0 Å². The van der Waals surface area contributed by atoms with E-state index in [0.717, 1.165) is 4.90 Å². The molecule has 0 aromatic heterocycles. The number of fused-ring (bicyclic) bond motifs is 2. The van der Waals surface area contributed by atoms with Crippen molar-refractivity contribution in [1.29, 1.82) is 0 Å². The van der Waals surface area contributed by atoms with Crippen molar-refractivity contribution in [2.24, 2.45) is 16.7 Å². The minimum atomic E-state index is -3.20. The SMILES string of the molecule is [2H]C1([2H])CC2(CC2)[C@@]2(C([2H])([2H])C(C)C)C[C@@]3(CC3(F)F)C([2H])([2H])N12. The Hall–Kier alpha value is -0.180. The highest BCUT2D eigenvalue weighted by atomic mass is 19.3. The number of alkyl halides is 2. The number of halogens is 2. The molecule has 2 aliphatic carbocycles. The fourth-order valence-electron chi connectivity index (χ4n) is 3.98. The molecule has 2 saturated carbocycles. The summed E-state index contributed by atoms with van der Waals surface area (Å²) in [4.78, 5) is 0.918. The molecule has 18 heavy (non-hydrogen) atoms. The maximum atomic E-state index is 14.3. The van der Waals surface area contributed by atoms with Gasteiger partial charge in [0.2, 0.25) is 0 Å². The van der Waals surface area contributed by atoms with E-state index >= 15 is 0 Å². The lowest BCUT2D eigenvalue weighted by Gasteiger charge is -2.39. The molecule has 4 aliphatic rings. The van der Waals surface area contributed by atoms with E-state index in [1.165, 1.54) is 0 Å². The topological polar surface area (TPSA) is 3.24 Å². The second-order valence-electron chi connectivity index (χ2n) is 6.86. The van der Waals surface area contributed by atoms with Gasteiger partial charge in [-0.2, -0.15) is 0 Å². The highest BCUT2D eigenvalue weighted by molar-refractivity contribution is 5.29. The van der Waals surface area contributed by atoms with Gasteiger partial charge in [-0.3, -0.25) is 4.90 Å². The Morgan fingerprint density at radius 3 is 2.39 bits per heavy atom. The first-order chi connectivity index (χ1) is 10.6. The third-order valence-electron chi connectivity index (χ3n) is 5.20. The van der Waals surface area contributed by atoms with Gasteiger partial charge >= 0.3 is 0 Å². The molecule has 0 amide bonds. The summed E-state index contributed by atoms with van der Waals surface area (Å²) in [6.07, 6.45) is -1.70. The zero-order chi connectivity index (χ0) is 18.2. The quantitative estimate of drug-likeness (QED) is 0.733. The molecule has 4 fully saturated rings. The van der Waals surface area contributed by atoms with Crippen LogP contribution in [-0.4, -0.2) is 29.4 Å². The molecule has 0 unspecified atom stereocenters. The Morgan fingerprint density at radius 1 is 1.22 bits per heavy atom. The Balaban J connectivity index is 1.98. The summed E-state index contributed by atoms with van der Waals surface area (Å²) in [5.41, 5.74) is -4.22. The highest BCUT2D eigenvalue weighted by Gasteiger charge is 2.81. The fraction of sp³-hybridized carbons (Fsp3) is 1.00. The minimum absolute atomic E-state index is 0.0212. The van der Waals surface area contributed by atoms with Crippen LogP contribution in [0.4, 0.5) is 8.78 Å². The summed E-state index contributed by atoms with van der Waals surface area (Å²) in [6, 6.07) is 0. The van der Waals surface area contributed by atoms with Gasteiger partial charge in [0.05, 0.1) is 5.41 Å². The van der Waals surface area contributed by atoms with Gasteiger partial charge in [-0.15, -0.1) is 0 Å². The second-order valence-corrected chi connectivity index (χ2v) is 6.86. The van der Waals surface area contributed by atoms with E-state index in [4.69, 9.17) is 8.22 Å². The van der Waals surface area contributed by atoms with Crippen molar-refractivity contribution < 1.29 is 17.0 Å². The molecule has 0 aromatic carbocycles. The third kappa shape index (κ3) is 1.16. The van der Waals surface area contributed by atoms with Crippen molar-refractivity contribution in [1.82, 2.24) is 4.90 Å². The van der Waals surface area contributed by atoms with Crippen molar-refractivity contribution in [2.45, 2.75) is 63.8 Å². The first-order valence-electron chi connectivity index (χ1n) is 9.82. The summed E-state index contributed by atoms with van der Waals surface area (Å²) >= 11 is 0. The molecule has 2 atom stereocenters. The van der Waals surface area contributed by atoms with Gasteiger partial charge in [0, 0.05) is 26.7 Å². The zero-order valence-electron chi connectivity index (χ0n) is 16.8. The van der Waals surface area contributed by atoms with Crippen molar-refractivity contribution in [3.05, 3.63) is 0 Å². The van der Waals surface area contributed by atoms with Gasteiger partial charge in [0.15, 0.2) is 0 Å². The van der Waals surface area contributed by atoms with E-state index in [-0.39, 0.29) is 12.8 Å². The van der Waals surface area contributed by atoms with E-state index in [2.05, 4.69) is 0 Å². The largest absolute Gasteiger partial charge is 0.296 e. The lowest BCUT2D eigenvalue weighted by atomic mass is 9.72. The summed E-state index contributed by atoms with van der Waals surface area (Å²) in [5.74, 6) is -3.72. The van der Waals surface area contributed by atoms with Crippen molar-refractivity contribution >= 4 is 0 Å². The van der Waals surface area contributed by atoms with E-state index in [0.29, 0.717) is 12.8 Å². The van der Waals surface area contributed by atoms with Crippen LogP contribution in [0.1, 0.15) is 60.5 Å². The molecular formula is C15H23F2N. The maximum Gasteiger partial charge on any atom is 0.255 e. The maximum absolute atomic E-state index is 14.3. The standard InChI is InChI=1S/C15H23F2N/c1-11(2)7-14-8-13(9-15(13,16)17)10-18(14)6-5-12(14)3-4-12/h11H,3-10H2,1-2H3/t13-,14-/m1/s1/i6D2,7D2,10D2. The van der Waals surface area contributed by atoms with Crippen LogP contribution in [0.15, 0.2) is 0 Å². The van der Waals surface area contributed by atoms with Crippen LogP contribution in [-0.2, 0) is 0 Å². The Kier molecular flexibility index (Phi) is 1.15. The number of hydrogen-bond donors (Lipinski definition) is 0. The van der Waals surface area contributed by atoms with Gasteiger partial charge in [-0.05, 0) is 49.9 Å². The Labute approximate surface area is 116 Å². The molecule has 2 heterocycles. The van der Waals surface area contributed by atoms with Gasteiger partial charge in [-0.25, -0.2) is 8.78 Å². The van der Waals surface area contributed by atoms with Crippen LogP contribution in [0, 0.1) is 16.7 Å². The number of hydrogen-bond acceptors (Lipinski definition) is 1. The summed E-state index contributed by atoms with van der Waals surface area (Å²) in [7, 11) is 0. The van der Waals surface area contributed by atoms with Gasteiger partial charge in [-0.1, -0.05) is 13.8 Å². The second kappa shape index (κ2) is 2.94. The smallest absolute Gasteiger partial charge is 0.255 e. The van der Waals surface area contributed by atoms with Crippen molar-refractivity contribution in [2.75, 3.05) is 13.0 Å².